The molecule has 2 aromatic carbocycles. The first-order chi connectivity index (χ1) is 12.3. The number of fused-ring (bicyclic) bond motifs is 3. The van der Waals surface area contributed by atoms with Gasteiger partial charge in [0.1, 0.15) is 5.82 Å². The predicted molar refractivity (Wildman–Crippen MR) is 91.2 cm³/mol. The minimum atomic E-state index is -0.672. The molecule has 7 heteroatoms. The van der Waals surface area contributed by atoms with Crippen molar-refractivity contribution in [2.24, 2.45) is 4.99 Å². The summed E-state index contributed by atoms with van der Waals surface area (Å²) in [7, 11) is 0. The fourth-order valence-electron chi connectivity index (χ4n) is 2.98. The molecule has 1 aliphatic heterocycles. The van der Waals surface area contributed by atoms with Crippen molar-refractivity contribution in [3.63, 3.8) is 0 Å². The molecule has 2 heterocycles. The third kappa shape index (κ3) is 2.60. The van der Waals surface area contributed by atoms with Gasteiger partial charge in [-0.3, -0.25) is 14.4 Å². The van der Waals surface area contributed by atoms with Gasteiger partial charge in [0.25, 0.3) is 0 Å². The number of hydroxylamine groups is 1. The molecule has 0 amide bonds. The maximum Gasteiger partial charge on any atom is 0.312 e. The average molecular weight is 333 g/mol. The van der Waals surface area contributed by atoms with Gasteiger partial charge in [0.2, 0.25) is 0 Å². The molecule has 1 N–H and O–H groups in total. The average Bonchev–Trinajstić information content (AvgIpc) is 2.97. The summed E-state index contributed by atoms with van der Waals surface area (Å²) < 4.78 is 1.92. The summed E-state index contributed by atoms with van der Waals surface area (Å²) in [6, 6.07) is 17.8. The van der Waals surface area contributed by atoms with Gasteiger partial charge in [-0.05, 0) is 13.0 Å². The number of carbonyl (C=O) groups excluding carboxylic acids is 1. The second kappa shape index (κ2) is 6.29. The van der Waals surface area contributed by atoms with Crippen molar-refractivity contribution in [2.45, 2.75) is 13.1 Å². The number of rotatable bonds is 4. The molecule has 0 spiro atoms. The maximum atomic E-state index is 10.6. The first-order valence-electron chi connectivity index (χ1n) is 7.79. The summed E-state index contributed by atoms with van der Waals surface area (Å²) >= 11 is 0. The number of carbonyl (C=O) groups is 1. The van der Waals surface area contributed by atoms with E-state index in [1.165, 1.54) is 0 Å². The molecule has 0 saturated carbocycles. The number of para-hydroxylation sites is 1. The van der Waals surface area contributed by atoms with Gasteiger partial charge in [-0.25, -0.2) is 0 Å². The Morgan fingerprint density at radius 3 is 2.64 bits per heavy atom. The van der Waals surface area contributed by atoms with Crippen molar-refractivity contribution in [1.29, 1.82) is 0 Å². The number of benzene rings is 2. The van der Waals surface area contributed by atoms with E-state index in [1.54, 1.807) is 0 Å². The molecule has 1 aliphatic rings. The molecule has 1 atom stereocenters. The number of nitrogens with one attached hydrogen (secondary N) is 1. The summed E-state index contributed by atoms with van der Waals surface area (Å²) in [4.78, 5) is 20.2. The van der Waals surface area contributed by atoms with Gasteiger partial charge in [-0.1, -0.05) is 48.5 Å². The van der Waals surface area contributed by atoms with E-state index in [4.69, 9.17) is 9.83 Å². The van der Waals surface area contributed by atoms with E-state index in [1.807, 2.05) is 66.1 Å². The first-order valence-corrected chi connectivity index (χ1v) is 7.79. The van der Waals surface area contributed by atoms with E-state index in [0.29, 0.717) is 12.3 Å². The fourth-order valence-corrected chi connectivity index (χ4v) is 2.98. The predicted octanol–water partition coefficient (Wildman–Crippen LogP) is 2.10. The molecule has 7 nitrogen and oxygen atoms in total. The Balaban J connectivity index is 1.98. The smallest absolute Gasteiger partial charge is 0.312 e. The van der Waals surface area contributed by atoms with E-state index < -0.39 is 6.17 Å². The van der Waals surface area contributed by atoms with Crippen LogP contribution in [0.4, 0.5) is 0 Å². The standard InChI is InChI=1S/C18H15N5O2/c1-12-20-21-18-17(22-25-11-24)19-16(13-7-3-2-4-8-13)14-9-5-6-10-15(14)23(12)18/h2-11,17,22H,1H3. The van der Waals surface area contributed by atoms with Crippen LogP contribution in [0.2, 0.25) is 0 Å². The van der Waals surface area contributed by atoms with E-state index in [2.05, 4.69) is 15.7 Å². The van der Waals surface area contributed by atoms with Gasteiger partial charge in [-0.2, -0.15) is 0 Å². The van der Waals surface area contributed by atoms with Crippen LogP contribution in [0.25, 0.3) is 5.69 Å². The van der Waals surface area contributed by atoms with Crippen LogP contribution in [0.15, 0.2) is 59.6 Å². The van der Waals surface area contributed by atoms with Crippen molar-refractivity contribution >= 4 is 12.2 Å². The summed E-state index contributed by atoms with van der Waals surface area (Å²) in [5, 5.41) is 8.38. The van der Waals surface area contributed by atoms with Crippen molar-refractivity contribution in [2.75, 3.05) is 0 Å². The quantitative estimate of drug-likeness (QED) is 0.584. The summed E-state index contributed by atoms with van der Waals surface area (Å²) in [6.07, 6.45) is -0.672. The van der Waals surface area contributed by atoms with Crippen LogP contribution in [-0.2, 0) is 9.63 Å². The van der Waals surface area contributed by atoms with Gasteiger partial charge in [0.05, 0.1) is 11.4 Å². The van der Waals surface area contributed by atoms with Crippen LogP contribution in [0.1, 0.15) is 28.9 Å². The fraction of sp³-hybridized carbons (Fsp3) is 0.111. The Bertz CT molecular complexity index is 949. The monoisotopic (exact) mass is 333 g/mol. The van der Waals surface area contributed by atoms with Crippen molar-refractivity contribution < 1.29 is 9.63 Å². The second-order valence-corrected chi connectivity index (χ2v) is 5.54. The molecule has 0 fully saturated rings. The van der Waals surface area contributed by atoms with Crippen LogP contribution in [0.5, 0.6) is 0 Å². The molecule has 0 radical (unpaired) electrons. The Morgan fingerprint density at radius 1 is 1.08 bits per heavy atom. The van der Waals surface area contributed by atoms with Crippen LogP contribution >= 0.6 is 0 Å². The maximum absolute atomic E-state index is 10.6. The molecule has 25 heavy (non-hydrogen) atoms. The Hall–Kier alpha value is -3.32. The highest BCUT2D eigenvalue weighted by Gasteiger charge is 2.28. The zero-order chi connectivity index (χ0) is 17.2. The summed E-state index contributed by atoms with van der Waals surface area (Å²) in [6.45, 7) is 2.20. The molecule has 0 aliphatic carbocycles. The first kappa shape index (κ1) is 15.2. The molecule has 1 aromatic heterocycles. The number of aliphatic imine (C=N–C) groups is 1. The van der Waals surface area contributed by atoms with Crippen molar-refractivity contribution in [1.82, 2.24) is 20.2 Å². The Kier molecular flexibility index (Phi) is 3.83. The lowest BCUT2D eigenvalue weighted by Gasteiger charge is -2.12. The van der Waals surface area contributed by atoms with Crippen molar-refractivity contribution in [3.8, 4) is 5.69 Å². The number of hydrogen-bond donors (Lipinski definition) is 1. The molecule has 0 bridgehead atoms. The normalized spacial score (nSPS) is 15.6. The zero-order valence-corrected chi connectivity index (χ0v) is 13.5. The van der Waals surface area contributed by atoms with Gasteiger partial charge in [-0.15, -0.1) is 15.7 Å². The number of hydrogen-bond acceptors (Lipinski definition) is 6. The highest BCUT2D eigenvalue weighted by molar-refractivity contribution is 6.15. The molecular weight excluding hydrogens is 318 g/mol. The summed E-state index contributed by atoms with van der Waals surface area (Å²) in [5.74, 6) is 1.28. The van der Waals surface area contributed by atoms with E-state index in [0.717, 1.165) is 28.4 Å². The van der Waals surface area contributed by atoms with Gasteiger partial charge >= 0.3 is 6.47 Å². The van der Waals surface area contributed by atoms with Gasteiger partial charge in [0, 0.05) is 11.1 Å². The van der Waals surface area contributed by atoms with Crippen LogP contribution in [0.3, 0.4) is 0 Å². The largest absolute Gasteiger partial charge is 0.371 e. The lowest BCUT2D eigenvalue weighted by atomic mass is 10.0. The molecule has 4 rings (SSSR count). The van der Waals surface area contributed by atoms with Crippen LogP contribution in [-0.4, -0.2) is 26.9 Å². The number of aromatic nitrogens is 3. The van der Waals surface area contributed by atoms with E-state index in [-0.39, 0.29) is 0 Å². The minimum Gasteiger partial charge on any atom is -0.371 e. The van der Waals surface area contributed by atoms with Crippen molar-refractivity contribution in [3.05, 3.63) is 77.4 Å². The molecule has 124 valence electrons. The number of nitrogens with zero attached hydrogens (tertiary/aromatic N) is 4. The molecule has 1 unspecified atom stereocenters. The second-order valence-electron chi connectivity index (χ2n) is 5.54. The lowest BCUT2D eigenvalue weighted by molar-refractivity contribution is -0.137. The Labute approximate surface area is 144 Å². The lowest BCUT2D eigenvalue weighted by Crippen LogP contribution is -2.23. The highest BCUT2D eigenvalue weighted by Crippen LogP contribution is 2.29. The van der Waals surface area contributed by atoms with E-state index in [9.17, 15) is 4.79 Å². The highest BCUT2D eigenvalue weighted by atomic mass is 16.7. The molecule has 0 saturated heterocycles. The van der Waals surface area contributed by atoms with Gasteiger partial charge < -0.3 is 4.84 Å². The van der Waals surface area contributed by atoms with E-state index >= 15 is 0 Å². The SMILES string of the molecule is Cc1nnc2n1-c1ccccc1C(c1ccccc1)=NC2NOC=O. The third-order valence-electron chi connectivity index (χ3n) is 4.03. The zero-order valence-electron chi connectivity index (χ0n) is 13.5. The number of aryl methyl sites for hydroxylation is 1. The summed E-state index contributed by atoms with van der Waals surface area (Å²) in [5.41, 5.74) is 6.26. The topological polar surface area (TPSA) is 81.4 Å². The molecule has 3 aromatic rings. The minimum absolute atomic E-state index is 0.323. The van der Waals surface area contributed by atoms with Crippen LogP contribution in [0, 0.1) is 6.92 Å². The van der Waals surface area contributed by atoms with Gasteiger partial charge in [0.15, 0.2) is 12.0 Å². The van der Waals surface area contributed by atoms with Crippen LogP contribution < -0.4 is 5.48 Å². The Morgan fingerprint density at radius 2 is 1.84 bits per heavy atom. The third-order valence-corrected chi connectivity index (χ3v) is 4.03. The molecular formula is C18H15N5O2.